The fourth-order valence-electron chi connectivity index (χ4n) is 3.78. The molecule has 0 saturated carbocycles. The third kappa shape index (κ3) is 4.96. The van der Waals surface area contributed by atoms with Crippen LogP contribution in [0, 0.1) is 0 Å². The predicted molar refractivity (Wildman–Crippen MR) is 132 cm³/mol. The van der Waals surface area contributed by atoms with E-state index in [9.17, 15) is 4.79 Å². The molecule has 2 N–H and O–H groups in total. The Kier molecular flexibility index (Phi) is 6.30. The Bertz CT molecular complexity index is 1290. The third-order valence-electron chi connectivity index (χ3n) is 5.41. The maximum absolute atomic E-state index is 11.9. The monoisotopic (exact) mass is 473 g/mol. The predicted octanol–water partition coefficient (Wildman–Crippen LogP) is 4.59. The van der Waals surface area contributed by atoms with Crippen LogP contribution in [-0.4, -0.2) is 50.1 Å². The van der Waals surface area contributed by atoms with Crippen molar-refractivity contribution in [3.05, 3.63) is 67.4 Å². The number of nitrogens with one attached hydrogen (secondary N) is 2. The molecule has 1 aromatic carbocycles. The zero-order valence-corrected chi connectivity index (χ0v) is 19.2. The number of hydrogen-bond donors (Lipinski definition) is 2. The van der Waals surface area contributed by atoms with Crippen molar-refractivity contribution in [2.75, 3.05) is 23.7 Å². The van der Waals surface area contributed by atoms with E-state index < -0.39 is 0 Å². The van der Waals surface area contributed by atoms with Crippen LogP contribution in [0.2, 0.25) is 0 Å². The lowest BCUT2D eigenvalue weighted by Crippen LogP contribution is -2.44. The van der Waals surface area contributed by atoms with Crippen molar-refractivity contribution in [2.45, 2.75) is 18.9 Å². The molecule has 0 spiro atoms. The molecule has 4 heterocycles. The number of pyridine rings is 1. The summed E-state index contributed by atoms with van der Waals surface area (Å²) in [6.45, 7) is 4.98. The maximum atomic E-state index is 11.9. The highest BCUT2D eigenvalue weighted by Crippen LogP contribution is 2.31. The molecule has 0 aliphatic carbocycles. The molecule has 1 aliphatic rings. The number of carbonyl (C=O) groups is 1. The summed E-state index contributed by atoms with van der Waals surface area (Å²) in [5.41, 5.74) is 0.868. The first-order chi connectivity index (χ1) is 16.7. The van der Waals surface area contributed by atoms with E-state index in [1.807, 2.05) is 53.4 Å². The van der Waals surface area contributed by atoms with Crippen molar-refractivity contribution in [3.63, 3.8) is 0 Å². The molecule has 1 aliphatic heterocycles. The van der Waals surface area contributed by atoms with Gasteiger partial charge < -0.3 is 20.0 Å². The van der Waals surface area contributed by atoms with E-state index in [0.717, 1.165) is 35.6 Å². The summed E-state index contributed by atoms with van der Waals surface area (Å²) in [5, 5.41) is 15.6. The van der Waals surface area contributed by atoms with Gasteiger partial charge in [-0.15, -0.1) is 10.2 Å². The summed E-state index contributed by atoms with van der Waals surface area (Å²) < 4.78 is 5.82. The SMILES string of the molecule is C=CC(=O)N1CCC[C@H](Nc2cccc(Nc3ncc(-c4nnc(-c5ccccc5)o4)s3)n2)C1. The van der Waals surface area contributed by atoms with Crippen LogP contribution in [0.1, 0.15) is 12.8 Å². The summed E-state index contributed by atoms with van der Waals surface area (Å²) in [4.78, 5) is 23.6. The van der Waals surface area contributed by atoms with Crippen molar-refractivity contribution >= 4 is 34.0 Å². The van der Waals surface area contributed by atoms with Gasteiger partial charge in [0.25, 0.3) is 5.89 Å². The van der Waals surface area contributed by atoms with E-state index in [-0.39, 0.29) is 11.9 Å². The number of piperidine rings is 1. The fraction of sp³-hybridized carbons (Fsp3) is 0.208. The minimum Gasteiger partial charge on any atom is -0.415 e. The van der Waals surface area contributed by atoms with Crippen LogP contribution in [0.15, 0.2) is 71.8 Å². The first-order valence-corrected chi connectivity index (χ1v) is 11.8. The van der Waals surface area contributed by atoms with Gasteiger partial charge in [-0.1, -0.05) is 42.2 Å². The number of nitrogens with zero attached hydrogens (tertiary/aromatic N) is 5. The van der Waals surface area contributed by atoms with Crippen LogP contribution < -0.4 is 10.6 Å². The molecular weight excluding hydrogens is 450 g/mol. The quantitative estimate of drug-likeness (QED) is 0.375. The van der Waals surface area contributed by atoms with E-state index in [2.05, 4.69) is 37.4 Å². The summed E-state index contributed by atoms with van der Waals surface area (Å²) in [6, 6.07) is 15.5. The third-order valence-corrected chi connectivity index (χ3v) is 6.31. The highest BCUT2D eigenvalue weighted by Gasteiger charge is 2.22. The molecule has 0 radical (unpaired) electrons. The normalized spacial score (nSPS) is 15.6. The van der Waals surface area contributed by atoms with Crippen LogP contribution in [0.25, 0.3) is 22.2 Å². The molecule has 0 bridgehead atoms. The lowest BCUT2D eigenvalue weighted by Gasteiger charge is -2.32. The average Bonchev–Trinajstić information content (AvgIpc) is 3.54. The average molecular weight is 474 g/mol. The minimum atomic E-state index is -0.0356. The molecule has 1 amide bonds. The Morgan fingerprint density at radius 1 is 1.12 bits per heavy atom. The first kappa shape index (κ1) is 21.8. The fourth-order valence-corrected chi connectivity index (χ4v) is 4.52. The Morgan fingerprint density at radius 3 is 2.79 bits per heavy atom. The van der Waals surface area contributed by atoms with Crippen LogP contribution in [0.3, 0.4) is 0 Å². The minimum absolute atomic E-state index is 0.0356. The second kappa shape index (κ2) is 9.84. The number of rotatable bonds is 7. The molecule has 1 atom stereocenters. The highest BCUT2D eigenvalue weighted by atomic mass is 32.1. The van der Waals surface area contributed by atoms with Crippen molar-refractivity contribution in [1.82, 2.24) is 25.1 Å². The molecule has 1 saturated heterocycles. The smallest absolute Gasteiger partial charge is 0.259 e. The largest absolute Gasteiger partial charge is 0.415 e. The van der Waals surface area contributed by atoms with Gasteiger partial charge in [0.05, 0.1) is 6.20 Å². The molecule has 9 nitrogen and oxygen atoms in total. The van der Waals surface area contributed by atoms with E-state index in [0.29, 0.717) is 29.3 Å². The summed E-state index contributed by atoms with van der Waals surface area (Å²) in [6.07, 6.45) is 4.98. The van der Waals surface area contributed by atoms with E-state index in [4.69, 9.17) is 4.42 Å². The second-order valence-corrected chi connectivity index (χ2v) is 8.84. The van der Waals surface area contributed by atoms with E-state index in [1.165, 1.54) is 17.4 Å². The van der Waals surface area contributed by atoms with Gasteiger partial charge in [0.1, 0.15) is 16.5 Å². The maximum Gasteiger partial charge on any atom is 0.259 e. The number of amides is 1. The Morgan fingerprint density at radius 2 is 1.94 bits per heavy atom. The highest BCUT2D eigenvalue weighted by molar-refractivity contribution is 7.18. The lowest BCUT2D eigenvalue weighted by molar-refractivity contribution is -0.127. The number of likely N-dealkylation sites (tertiary alicyclic amines) is 1. The zero-order valence-electron chi connectivity index (χ0n) is 18.3. The molecule has 0 unspecified atom stereocenters. The van der Waals surface area contributed by atoms with Crippen molar-refractivity contribution < 1.29 is 9.21 Å². The van der Waals surface area contributed by atoms with Crippen LogP contribution in [0.4, 0.5) is 16.8 Å². The molecule has 34 heavy (non-hydrogen) atoms. The number of aromatic nitrogens is 4. The standard InChI is InChI=1S/C24H23N7O2S/c1-2-21(32)31-13-7-10-17(15-31)26-19-11-6-12-20(27-19)28-24-25-14-18(34-24)23-30-29-22(33-23)16-8-4-3-5-9-16/h2-6,8-9,11-12,14,17H,1,7,10,13,15H2,(H2,25,26,27,28)/t17-/m0/s1. The Hall–Kier alpha value is -4.05. The van der Waals surface area contributed by atoms with E-state index >= 15 is 0 Å². The molecule has 172 valence electrons. The van der Waals surface area contributed by atoms with Crippen LogP contribution in [0.5, 0.6) is 0 Å². The summed E-state index contributed by atoms with van der Waals surface area (Å²) in [5.74, 6) is 2.26. The number of anilines is 3. The Balaban J connectivity index is 1.24. The number of benzene rings is 1. The molecule has 5 rings (SSSR count). The summed E-state index contributed by atoms with van der Waals surface area (Å²) >= 11 is 1.40. The number of hydrogen-bond acceptors (Lipinski definition) is 9. The zero-order chi connectivity index (χ0) is 23.3. The molecule has 1 fully saturated rings. The topological polar surface area (TPSA) is 109 Å². The lowest BCUT2D eigenvalue weighted by atomic mass is 10.1. The van der Waals surface area contributed by atoms with Crippen molar-refractivity contribution in [2.24, 2.45) is 0 Å². The van der Waals surface area contributed by atoms with Gasteiger partial charge in [-0.3, -0.25) is 4.79 Å². The van der Waals surface area contributed by atoms with Gasteiger partial charge >= 0.3 is 0 Å². The van der Waals surface area contributed by atoms with Gasteiger partial charge in [0.15, 0.2) is 5.13 Å². The van der Waals surface area contributed by atoms with Gasteiger partial charge in [-0.25, -0.2) is 9.97 Å². The number of thiazole rings is 1. The van der Waals surface area contributed by atoms with Gasteiger partial charge in [0.2, 0.25) is 11.8 Å². The molecular formula is C24H23N7O2S. The van der Waals surface area contributed by atoms with Crippen LogP contribution in [-0.2, 0) is 4.79 Å². The van der Waals surface area contributed by atoms with Crippen molar-refractivity contribution in [3.8, 4) is 22.2 Å². The van der Waals surface area contributed by atoms with E-state index in [1.54, 1.807) is 6.20 Å². The summed E-state index contributed by atoms with van der Waals surface area (Å²) in [7, 11) is 0. The van der Waals surface area contributed by atoms with Crippen LogP contribution >= 0.6 is 11.3 Å². The van der Waals surface area contributed by atoms with Gasteiger partial charge in [-0.2, -0.15) is 0 Å². The number of carbonyl (C=O) groups excluding carboxylic acids is 1. The van der Waals surface area contributed by atoms with Gasteiger partial charge in [-0.05, 0) is 43.2 Å². The van der Waals surface area contributed by atoms with Crippen molar-refractivity contribution in [1.29, 1.82) is 0 Å². The Labute approximate surface area is 200 Å². The molecule has 4 aromatic rings. The first-order valence-electron chi connectivity index (χ1n) is 10.9. The second-order valence-electron chi connectivity index (χ2n) is 7.81. The van der Waals surface area contributed by atoms with Gasteiger partial charge in [0, 0.05) is 24.7 Å². The molecule has 10 heteroatoms. The molecule has 3 aromatic heterocycles.